The van der Waals surface area contributed by atoms with Gasteiger partial charge in [0.1, 0.15) is 0 Å². The first-order chi connectivity index (χ1) is 15.3. The summed E-state index contributed by atoms with van der Waals surface area (Å²) in [6.07, 6.45) is 1.52. The molecule has 0 saturated carbocycles. The van der Waals surface area contributed by atoms with Crippen LogP contribution in [0.1, 0.15) is 26.2 Å². The summed E-state index contributed by atoms with van der Waals surface area (Å²) in [5.74, 6) is -2.41. The lowest BCUT2D eigenvalue weighted by Crippen LogP contribution is -2.41. The Morgan fingerprint density at radius 1 is 1.12 bits per heavy atom. The average molecular weight is 463 g/mol. The summed E-state index contributed by atoms with van der Waals surface area (Å²) in [5, 5.41) is 2.91. The number of nitrogens with zero attached hydrogens (tertiary/aromatic N) is 3. The molecule has 7 nitrogen and oxygen atoms in total. The zero-order valence-electron chi connectivity index (χ0n) is 17.6. The highest BCUT2D eigenvalue weighted by Crippen LogP contribution is 2.26. The van der Waals surface area contributed by atoms with Crippen LogP contribution in [-0.2, 0) is 21.4 Å². The Morgan fingerprint density at radius 3 is 2.53 bits per heavy atom. The molecule has 1 aromatic heterocycles. The predicted octanol–water partition coefficient (Wildman–Crippen LogP) is 3.76. The van der Waals surface area contributed by atoms with Gasteiger partial charge in [-0.2, -0.15) is 4.31 Å². The fraction of sp³-hybridized carbons (Fsp3) is 0.364. The molecule has 0 spiro atoms. The second kappa shape index (κ2) is 8.95. The van der Waals surface area contributed by atoms with Crippen molar-refractivity contribution < 1.29 is 22.0 Å². The van der Waals surface area contributed by atoms with E-state index in [1.165, 1.54) is 4.31 Å². The first-order valence-corrected chi connectivity index (χ1v) is 12.0. The quantitative estimate of drug-likeness (QED) is 0.605. The van der Waals surface area contributed by atoms with Gasteiger partial charge in [0.25, 0.3) is 0 Å². The Kier molecular flexibility index (Phi) is 6.25. The largest absolute Gasteiger partial charge is 0.310 e. The van der Waals surface area contributed by atoms with Crippen molar-refractivity contribution in [3.63, 3.8) is 0 Å². The zero-order chi connectivity index (χ0) is 22.9. The number of carbonyl (C=O) groups excluding carboxylic acids is 1. The molecule has 1 fully saturated rings. The summed E-state index contributed by atoms with van der Waals surface area (Å²) >= 11 is 0. The van der Waals surface area contributed by atoms with Gasteiger partial charge >= 0.3 is 0 Å². The Hall–Kier alpha value is -2.85. The number of nitrogens with one attached hydrogen (secondary N) is 1. The number of sulfonamides is 1. The van der Waals surface area contributed by atoms with Crippen molar-refractivity contribution in [2.75, 3.05) is 18.4 Å². The summed E-state index contributed by atoms with van der Waals surface area (Å²) in [6.45, 7) is 2.99. The fourth-order valence-electron chi connectivity index (χ4n) is 3.98. The number of amides is 1. The van der Waals surface area contributed by atoms with Gasteiger partial charge in [-0.05, 0) is 49.6 Å². The first kappa shape index (κ1) is 22.3. The zero-order valence-corrected chi connectivity index (χ0v) is 18.4. The van der Waals surface area contributed by atoms with E-state index in [2.05, 4.69) is 10.3 Å². The molecular formula is C22H24F2N4O3S. The lowest BCUT2D eigenvalue weighted by molar-refractivity contribution is -0.121. The Labute approximate surface area is 185 Å². The Bertz CT molecular complexity index is 1250. The van der Waals surface area contributed by atoms with Crippen LogP contribution >= 0.6 is 0 Å². The summed E-state index contributed by atoms with van der Waals surface area (Å²) < 4.78 is 55.3. The highest BCUT2D eigenvalue weighted by molar-refractivity contribution is 7.89. The number of piperidine rings is 1. The van der Waals surface area contributed by atoms with Gasteiger partial charge in [-0.3, -0.25) is 10.1 Å². The molecule has 32 heavy (non-hydrogen) atoms. The Balaban J connectivity index is 1.44. The number of imidazole rings is 1. The van der Waals surface area contributed by atoms with Crippen molar-refractivity contribution in [3.8, 4) is 0 Å². The maximum Gasteiger partial charge on any atom is 0.243 e. The molecule has 2 aromatic carbocycles. The van der Waals surface area contributed by atoms with Crippen LogP contribution in [0, 0.1) is 17.6 Å². The molecule has 1 aliphatic heterocycles. The maximum absolute atomic E-state index is 13.5. The molecular weight excluding hydrogens is 438 g/mol. The summed E-state index contributed by atoms with van der Waals surface area (Å²) in [4.78, 5) is 17.1. The maximum atomic E-state index is 13.5. The van der Waals surface area contributed by atoms with E-state index in [0.29, 0.717) is 31.4 Å². The molecule has 1 amide bonds. The van der Waals surface area contributed by atoms with Gasteiger partial charge in [-0.25, -0.2) is 22.2 Å². The summed E-state index contributed by atoms with van der Waals surface area (Å²) in [7, 11) is -3.96. The van der Waals surface area contributed by atoms with E-state index in [1.54, 1.807) is 0 Å². The number of halogens is 2. The molecule has 0 bridgehead atoms. The second-order valence-electron chi connectivity index (χ2n) is 7.82. The normalized spacial score (nSPS) is 15.8. The third kappa shape index (κ3) is 4.24. The highest BCUT2D eigenvalue weighted by Gasteiger charge is 2.33. The second-order valence-corrected chi connectivity index (χ2v) is 9.76. The highest BCUT2D eigenvalue weighted by atomic mass is 32.2. The van der Waals surface area contributed by atoms with Gasteiger partial charge < -0.3 is 4.57 Å². The lowest BCUT2D eigenvalue weighted by atomic mass is 9.97. The molecule has 0 aliphatic carbocycles. The number of para-hydroxylation sites is 2. The average Bonchev–Trinajstić information content (AvgIpc) is 3.13. The van der Waals surface area contributed by atoms with E-state index in [0.717, 1.165) is 29.6 Å². The van der Waals surface area contributed by atoms with Gasteiger partial charge in [0.05, 0.1) is 15.9 Å². The number of rotatable bonds is 6. The fourth-order valence-corrected chi connectivity index (χ4v) is 5.46. The minimum atomic E-state index is -3.96. The molecule has 3 aromatic rings. The molecule has 0 atom stereocenters. The van der Waals surface area contributed by atoms with Crippen LogP contribution < -0.4 is 5.32 Å². The minimum absolute atomic E-state index is 0.116. The molecule has 1 aliphatic rings. The van der Waals surface area contributed by atoms with Gasteiger partial charge in [-0.1, -0.05) is 19.1 Å². The number of benzene rings is 2. The van der Waals surface area contributed by atoms with E-state index in [4.69, 9.17) is 0 Å². The molecule has 10 heteroatoms. The SMILES string of the molecule is CCCn1c(NC(=O)C2CCN(S(=O)(=O)c3ccc(F)c(F)c3)CC2)nc2ccccc21. The third-order valence-electron chi connectivity index (χ3n) is 5.69. The number of fused-ring (bicyclic) bond motifs is 1. The van der Waals surface area contributed by atoms with E-state index < -0.39 is 21.7 Å². The van der Waals surface area contributed by atoms with Gasteiger partial charge in [-0.15, -0.1) is 0 Å². The number of carbonyl (C=O) groups is 1. The van der Waals surface area contributed by atoms with Crippen LogP contribution in [-0.4, -0.2) is 41.3 Å². The molecule has 1 N–H and O–H groups in total. The van der Waals surface area contributed by atoms with Crippen LogP contribution in [0.2, 0.25) is 0 Å². The van der Waals surface area contributed by atoms with Crippen molar-refractivity contribution in [1.82, 2.24) is 13.9 Å². The minimum Gasteiger partial charge on any atom is -0.310 e. The number of aromatic nitrogens is 2. The van der Waals surface area contributed by atoms with Crippen molar-refractivity contribution in [3.05, 3.63) is 54.1 Å². The third-order valence-corrected chi connectivity index (χ3v) is 7.58. The standard InChI is InChI=1S/C22H24F2N4O3S/c1-2-11-28-20-6-4-3-5-19(20)25-22(28)26-21(29)15-9-12-27(13-10-15)32(30,31)16-7-8-17(23)18(24)14-16/h3-8,14-15H,2,9-13H2,1H3,(H,25,26,29). The molecule has 0 radical (unpaired) electrons. The summed E-state index contributed by atoms with van der Waals surface area (Å²) in [5.41, 5.74) is 1.74. The van der Waals surface area contributed by atoms with Crippen LogP contribution in [0.5, 0.6) is 0 Å². The number of hydrogen-bond donors (Lipinski definition) is 1. The van der Waals surface area contributed by atoms with Crippen molar-refractivity contribution in [1.29, 1.82) is 0 Å². The van der Waals surface area contributed by atoms with Crippen LogP contribution in [0.3, 0.4) is 0 Å². The number of aryl methyl sites for hydroxylation is 1. The lowest BCUT2D eigenvalue weighted by Gasteiger charge is -2.30. The number of anilines is 1. The monoisotopic (exact) mass is 462 g/mol. The number of hydrogen-bond acceptors (Lipinski definition) is 4. The van der Waals surface area contributed by atoms with Crippen molar-refractivity contribution in [2.45, 2.75) is 37.6 Å². The van der Waals surface area contributed by atoms with Gasteiger partial charge in [0.2, 0.25) is 21.9 Å². The van der Waals surface area contributed by atoms with Crippen molar-refractivity contribution in [2.24, 2.45) is 5.92 Å². The van der Waals surface area contributed by atoms with Crippen molar-refractivity contribution >= 4 is 32.9 Å². The molecule has 1 saturated heterocycles. The Morgan fingerprint density at radius 2 is 1.84 bits per heavy atom. The first-order valence-electron chi connectivity index (χ1n) is 10.5. The van der Waals surface area contributed by atoms with Gasteiger partial charge in [0.15, 0.2) is 11.6 Å². The smallest absolute Gasteiger partial charge is 0.243 e. The van der Waals surface area contributed by atoms with E-state index in [-0.39, 0.29) is 29.8 Å². The van der Waals surface area contributed by atoms with Crippen LogP contribution in [0.4, 0.5) is 14.7 Å². The van der Waals surface area contributed by atoms with E-state index in [9.17, 15) is 22.0 Å². The molecule has 2 heterocycles. The van der Waals surface area contributed by atoms with Crippen LogP contribution in [0.25, 0.3) is 11.0 Å². The predicted molar refractivity (Wildman–Crippen MR) is 116 cm³/mol. The topological polar surface area (TPSA) is 84.3 Å². The van der Waals surface area contributed by atoms with E-state index in [1.807, 2.05) is 35.8 Å². The van der Waals surface area contributed by atoms with E-state index >= 15 is 0 Å². The molecule has 0 unspecified atom stereocenters. The molecule has 170 valence electrons. The van der Waals surface area contributed by atoms with Crippen LogP contribution in [0.15, 0.2) is 47.4 Å². The molecule has 4 rings (SSSR count). The summed E-state index contributed by atoms with van der Waals surface area (Å²) in [6, 6.07) is 10.2. The van der Waals surface area contributed by atoms with Gasteiger partial charge in [0, 0.05) is 25.6 Å².